The molecule has 8 nitrogen and oxygen atoms in total. The number of nitrogen functional groups attached to an aromatic ring is 2. The number of urea groups is 1. The number of carbonyl (C=O) groups excluding carboxylic acids is 2. The summed E-state index contributed by atoms with van der Waals surface area (Å²) in [4.78, 5) is 31.7. The van der Waals surface area contributed by atoms with Crippen molar-refractivity contribution >= 4 is 34.8 Å². The maximum Gasteiger partial charge on any atom is 0.416 e. The Morgan fingerprint density at radius 3 is 2.43 bits per heavy atom. The first-order valence-corrected chi connectivity index (χ1v) is 10.6. The summed E-state index contributed by atoms with van der Waals surface area (Å²) >= 11 is 0. The van der Waals surface area contributed by atoms with E-state index in [-0.39, 0.29) is 35.3 Å². The minimum atomic E-state index is -4.58. The summed E-state index contributed by atoms with van der Waals surface area (Å²) < 4.78 is 45.3. The Labute approximate surface area is 198 Å². The van der Waals surface area contributed by atoms with E-state index < -0.39 is 23.7 Å². The van der Waals surface area contributed by atoms with E-state index in [0.717, 1.165) is 21.9 Å². The van der Waals surface area contributed by atoms with E-state index in [1.807, 2.05) is 13.8 Å². The molecule has 11 heteroatoms. The molecule has 4 rings (SSSR count). The lowest BCUT2D eigenvalue weighted by molar-refractivity contribution is -0.137. The number of nitrogens with zero attached hydrogens (tertiary/aromatic N) is 3. The van der Waals surface area contributed by atoms with Gasteiger partial charge in [0.05, 0.1) is 11.3 Å². The Balaban J connectivity index is 1.66. The number of imide groups is 1. The molecule has 0 aliphatic carbocycles. The zero-order chi connectivity index (χ0) is 25.5. The van der Waals surface area contributed by atoms with Crippen LogP contribution in [0, 0.1) is 0 Å². The molecule has 1 saturated heterocycles. The van der Waals surface area contributed by atoms with E-state index in [1.165, 1.54) is 24.4 Å². The summed E-state index contributed by atoms with van der Waals surface area (Å²) in [6.07, 6.45) is -3.12. The number of hydrogen-bond donors (Lipinski definition) is 2. The van der Waals surface area contributed by atoms with Gasteiger partial charge in [-0.3, -0.25) is 9.69 Å². The lowest BCUT2D eigenvalue weighted by atomic mass is 10.0. The largest absolute Gasteiger partial charge is 0.455 e. The van der Waals surface area contributed by atoms with Gasteiger partial charge in [-0.1, -0.05) is 19.9 Å². The first-order valence-electron chi connectivity index (χ1n) is 10.6. The first-order chi connectivity index (χ1) is 16.5. The number of alkyl halides is 3. The van der Waals surface area contributed by atoms with Crippen LogP contribution >= 0.6 is 0 Å². The summed E-state index contributed by atoms with van der Waals surface area (Å²) in [5.74, 6) is 0.221. The highest BCUT2D eigenvalue weighted by Crippen LogP contribution is 2.38. The minimum absolute atomic E-state index is 0.0181. The molecule has 3 amide bonds. The molecule has 1 aliphatic rings. The number of anilines is 4. The van der Waals surface area contributed by atoms with Crippen molar-refractivity contribution in [3.8, 4) is 11.5 Å². The molecule has 1 aromatic heterocycles. The molecule has 0 radical (unpaired) electrons. The standard InChI is InChI=1S/C24H22F3N5O3/c1-13(2)17-11-16(6-7-18(17)35-19-8-9-30-22(29)21(19)28)32-20(33)12-31(23(32)34)15-5-3-4-14(10-15)24(25,26)27/h3-11,13H,12,28H2,1-2H3,(H2,29,30). The highest BCUT2D eigenvalue weighted by atomic mass is 19.4. The summed E-state index contributed by atoms with van der Waals surface area (Å²) in [7, 11) is 0. The van der Waals surface area contributed by atoms with E-state index in [9.17, 15) is 22.8 Å². The molecule has 0 bridgehead atoms. The number of pyridine rings is 1. The number of aromatic nitrogens is 1. The van der Waals surface area contributed by atoms with Gasteiger partial charge in [0, 0.05) is 18.0 Å². The highest BCUT2D eigenvalue weighted by Gasteiger charge is 2.39. The number of rotatable bonds is 5. The summed E-state index contributed by atoms with van der Waals surface area (Å²) in [5.41, 5.74) is 11.9. The quantitative estimate of drug-likeness (QED) is 0.483. The lowest BCUT2D eigenvalue weighted by Gasteiger charge is -2.21. The summed E-state index contributed by atoms with van der Waals surface area (Å²) in [6, 6.07) is 9.85. The van der Waals surface area contributed by atoms with E-state index in [1.54, 1.807) is 18.2 Å². The van der Waals surface area contributed by atoms with Gasteiger partial charge in [0.2, 0.25) is 0 Å². The molecule has 0 unspecified atom stereocenters. The lowest BCUT2D eigenvalue weighted by Crippen LogP contribution is -2.33. The number of benzene rings is 2. The third kappa shape index (κ3) is 4.57. The number of halogens is 3. The fourth-order valence-corrected chi connectivity index (χ4v) is 3.70. The van der Waals surface area contributed by atoms with Crippen LogP contribution in [0.5, 0.6) is 11.5 Å². The number of hydrogen-bond acceptors (Lipinski definition) is 6. The normalized spacial score (nSPS) is 14.2. The number of amides is 3. The summed E-state index contributed by atoms with van der Waals surface area (Å²) in [5, 5.41) is 0. The van der Waals surface area contributed by atoms with Crippen molar-refractivity contribution in [3.05, 3.63) is 65.9 Å². The van der Waals surface area contributed by atoms with E-state index in [2.05, 4.69) is 4.98 Å². The molecule has 35 heavy (non-hydrogen) atoms. The molecule has 1 fully saturated rings. The van der Waals surface area contributed by atoms with Crippen molar-refractivity contribution in [1.29, 1.82) is 0 Å². The molecular formula is C24H22F3N5O3. The Hall–Kier alpha value is -4.28. The van der Waals surface area contributed by atoms with Crippen LogP contribution in [0.2, 0.25) is 0 Å². The fourth-order valence-electron chi connectivity index (χ4n) is 3.70. The minimum Gasteiger partial charge on any atom is -0.455 e. The fraction of sp³-hybridized carbons (Fsp3) is 0.208. The predicted octanol–water partition coefficient (Wildman–Crippen LogP) is 5.15. The molecule has 182 valence electrons. The molecule has 0 spiro atoms. The van der Waals surface area contributed by atoms with Gasteiger partial charge in [-0.05, 0) is 47.9 Å². The Kier molecular flexibility index (Phi) is 6.01. The van der Waals surface area contributed by atoms with Gasteiger partial charge in [0.25, 0.3) is 5.91 Å². The van der Waals surface area contributed by atoms with Crippen molar-refractivity contribution in [2.75, 3.05) is 27.8 Å². The zero-order valence-corrected chi connectivity index (χ0v) is 18.8. The van der Waals surface area contributed by atoms with Crippen LogP contribution in [-0.4, -0.2) is 23.5 Å². The van der Waals surface area contributed by atoms with E-state index in [4.69, 9.17) is 16.2 Å². The van der Waals surface area contributed by atoms with Crippen molar-refractivity contribution in [2.45, 2.75) is 25.9 Å². The molecule has 4 N–H and O–H groups in total. The molecule has 3 aromatic rings. The van der Waals surface area contributed by atoms with Gasteiger partial charge in [-0.15, -0.1) is 0 Å². The van der Waals surface area contributed by atoms with Crippen molar-refractivity contribution in [1.82, 2.24) is 4.98 Å². The van der Waals surface area contributed by atoms with Gasteiger partial charge in [0.1, 0.15) is 23.8 Å². The maximum atomic E-state index is 13.1. The second-order valence-electron chi connectivity index (χ2n) is 8.23. The Morgan fingerprint density at radius 1 is 1.00 bits per heavy atom. The Morgan fingerprint density at radius 2 is 1.74 bits per heavy atom. The topological polar surface area (TPSA) is 115 Å². The van der Waals surface area contributed by atoms with Crippen LogP contribution in [0.1, 0.15) is 30.9 Å². The smallest absolute Gasteiger partial charge is 0.416 e. The average molecular weight is 485 g/mol. The second kappa shape index (κ2) is 8.82. The second-order valence-corrected chi connectivity index (χ2v) is 8.23. The van der Waals surface area contributed by atoms with Crippen LogP contribution in [0.4, 0.5) is 40.8 Å². The van der Waals surface area contributed by atoms with E-state index >= 15 is 0 Å². The van der Waals surface area contributed by atoms with Crippen molar-refractivity contribution in [2.24, 2.45) is 0 Å². The van der Waals surface area contributed by atoms with Crippen molar-refractivity contribution < 1.29 is 27.5 Å². The monoisotopic (exact) mass is 485 g/mol. The SMILES string of the molecule is CC(C)c1cc(N2C(=O)CN(c3cccc(C(F)(F)F)c3)C2=O)ccc1Oc1ccnc(N)c1N. The van der Waals surface area contributed by atoms with Crippen LogP contribution in [-0.2, 0) is 11.0 Å². The number of nitrogens with two attached hydrogens (primary N) is 2. The van der Waals surface area contributed by atoms with Crippen LogP contribution in [0.25, 0.3) is 0 Å². The molecule has 1 aliphatic heterocycles. The van der Waals surface area contributed by atoms with Gasteiger partial charge in [-0.25, -0.2) is 14.7 Å². The average Bonchev–Trinajstić information content (AvgIpc) is 3.10. The van der Waals surface area contributed by atoms with Gasteiger partial charge >= 0.3 is 12.2 Å². The molecule has 2 heterocycles. The third-order valence-electron chi connectivity index (χ3n) is 5.52. The van der Waals surface area contributed by atoms with Gasteiger partial charge in [-0.2, -0.15) is 13.2 Å². The van der Waals surface area contributed by atoms with Gasteiger partial charge < -0.3 is 16.2 Å². The number of carbonyl (C=O) groups is 2. The third-order valence-corrected chi connectivity index (χ3v) is 5.52. The van der Waals surface area contributed by atoms with Crippen LogP contribution < -0.4 is 26.0 Å². The molecule has 0 saturated carbocycles. The molecule has 0 atom stereocenters. The highest BCUT2D eigenvalue weighted by molar-refractivity contribution is 6.27. The first kappa shape index (κ1) is 23.9. The Bertz CT molecular complexity index is 1310. The molecular weight excluding hydrogens is 463 g/mol. The maximum absolute atomic E-state index is 13.1. The predicted molar refractivity (Wildman–Crippen MR) is 125 cm³/mol. The molecule has 2 aromatic carbocycles. The van der Waals surface area contributed by atoms with Gasteiger partial charge in [0.15, 0.2) is 5.75 Å². The summed E-state index contributed by atoms with van der Waals surface area (Å²) in [6.45, 7) is 3.42. The number of ether oxygens (including phenoxy) is 1. The zero-order valence-electron chi connectivity index (χ0n) is 18.8. The van der Waals surface area contributed by atoms with Crippen LogP contribution in [0.15, 0.2) is 54.7 Å². The van der Waals surface area contributed by atoms with Crippen molar-refractivity contribution in [3.63, 3.8) is 0 Å². The van der Waals surface area contributed by atoms with E-state index in [0.29, 0.717) is 17.1 Å². The van der Waals surface area contributed by atoms with Crippen LogP contribution in [0.3, 0.4) is 0 Å².